The molecule has 2 aliphatic rings. The second-order valence-corrected chi connectivity index (χ2v) is 6.90. The molecule has 0 aliphatic carbocycles. The maximum Gasteiger partial charge on any atom is 0.211 e. The van der Waals surface area contributed by atoms with Crippen LogP contribution in [0.15, 0.2) is 70.6 Å². The van der Waals surface area contributed by atoms with Gasteiger partial charge in [0, 0.05) is 0 Å². The smallest absolute Gasteiger partial charge is 0.211 e. The lowest BCUT2D eigenvalue weighted by Crippen LogP contribution is -2.19. The number of ether oxygens (including phenoxy) is 3. The van der Waals surface area contributed by atoms with E-state index in [9.17, 15) is 0 Å². The van der Waals surface area contributed by atoms with Crippen LogP contribution in [0.25, 0.3) is 0 Å². The number of rotatable bonds is 6. The molecule has 0 aromatic heterocycles. The van der Waals surface area contributed by atoms with Crippen LogP contribution < -0.4 is 0 Å². The highest BCUT2D eigenvalue weighted by Gasteiger charge is 2.30. The summed E-state index contributed by atoms with van der Waals surface area (Å²) in [6.45, 7) is 4.70. The van der Waals surface area contributed by atoms with Gasteiger partial charge in [-0.05, 0) is 25.0 Å². The van der Waals surface area contributed by atoms with E-state index in [1.54, 1.807) is 0 Å². The third kappa shape index (κ3) is 4.03. The predicted octanol–water partition coefficient (Wildman–Crippen LogP) is 4.12. The fourth-order valence-corrected chi connectivity index (χ4v) is 3.50. The van der Waals surface area contributed by atoms with Crippen molar-refractivity contribution in [3.63, 3.8) is 0 Å². The molecule has 140 valence electrons. The van der Waals surface area contributed by atoms with Crippen molar-refractivity contribution in [3.8, 4) is 0 Å². The second kappa shape index (κ2) is 7.92. The summed E-state index contributed by atoms with van der Waals surface area (Å²) in [6, 6.07) is 20.4. The van der Waals surface area contributed by atoms with Crippen molar-refractivity contribution in [2.24, 2.45) is 9.98 Å². The molecule has 4 rings (SSSR count). The molecule has 27 heavy (non-hydrogen) atoms. The lowest BCUT2D eigenvalue weighted by Gasteiger charge is -2.13. The SMILES string of the molecule is C[C@@H]1OC(COCC2=N[C@@H](c3ccccc3)[C@@H](C)O2)=N[C@@H]1c1ccccc1. The van der Waals surface area contributed by atoms with Crippen LogP contribution in [0.1, 0.15) is 37.1 Å². The molecule has 0 radical (unpaired) electrons. The zero-order valence-corrected chi connectivity index (χ0v) is 15.6. The molecule has 0 amide bonds. The van der Waals surface area contributed by atoms with Crippen molar-refractivity contribution in [3.05, 3.63) is 71.8 Å². The Morgan fingerprint density at radius 1 is 0.704 bits per heavy atom. The van der Waals surface area contributed by atoms with Crippen LogP contribution in [-0.2, 0) is 14.2 Å². The van der Waals surface area contributed by atoms with Crippen LogP contribution in [0.3, 0.4) is 0 Å². The summed E-state index contributed by atoms with van der Waals surface area (Å²) in [6.07, 6.45) is 0.0158. The first kappa shape index (κ1) is 17.7. The van der Waals surface area contributed by atoms with Crippen LogP contribution in [0.5, 0.6) is 0 Å². The minimum Gasteiger partial charge on any atom is -0.474 e. The maximum atomic E-state index is 5.85. The van der Waals surface area contributed by atoms with Gasteiger partial charge in [-0.15, -0.1) is 0 Å². The molecule has 2 heterocycles. The molecule has 0 saturated heterocycles. The highest BCUT2D eigenvalue weighted by atomic mass is 16.6. The number of hydrogen-bond acceptors (Lipinski definition) is 5. The first-order chi connectivity index (χ1) is 13.2. The fraction of sp³-hybridized carbons (Fsp3) is 0.364. The van der Waals surface area contributed by atoms with Crippen molar-refractivity contribution in [2.45, 2.75) is 38.1 Å². The molecule has 2 aliphatic heterocycles. The van der Waals surface area contributed by atoms with Gasteiger partial charge in [0.1, 0.15) is 37.5 Å². The van der Waals surface area contributed by atoms with Gasteiger partial charge in [-0.3, -0.25) is 0 Å². The summed E-state index contributed by atoms with van der Waals surface area (Å²) in [5.74, 6) is 1.25. The van der Waals surface area contributed by atoms with Gasteiger partial charge in [0.25, 0.3) is 0 Å². The number of aliphatic imine (C=N–C) groups is 2. The normalized spacial score (nSPS) is 26.9. The van der Waals surface area contributed by atoms with Gasteiger partial charge >= 0.3 is 0 Å². The monoisotopic (exact) mass is 364 g/mol. The van der Waals surface area contributed by atoms with Crippen molar-refractivity contribution in [1.82, 2.24) is 0 Å². The van der Waals surface area contributed by atoms with E-state index >= 15 is 0 Å². The Labute approximate surface area is 159 Å². The minimum absolute atomic E-state index is 0.00792. The number of hydrogen-bond donors (Lipinski definition) is 0. The van der Waals surface area contributed by atoms with Crippen molar-refractivity contribution < 1.29 is 14.2 Å². The van der Waals surface area contributed by atoms with E-state index in [1.807, 2.05) is 50.2 Å². The third-order valence-electron chi connectivity index (χ3n) is 4.83. The van der Waals surface area contributed by atoms with E-state index in [1.165, 1.54) is 0 Å². The first-order valence-electron chi connectivity index (χ1n) is 9.35. The van der Waals surface area contributed by atoms with E-state index in [0.29, 0.717) is 25.0 Å². The predicted molar refractivity (Wildman–Crippen MR) is 105 cm³/mol. The van der Waals surface area contributed by atoms with Gasteiger partial charge in [-0.2, -0.15) is 0 Å². The van der Waals surface area contributed by atoms with E-state index in [4.69, 9.17) is 14.2 Å². The van der Waals surface area contributed by atoms with E-state index in [2.05, 4.69) is 34.3 Å². The molecule has 5 nitrogen and oxygen atoms in total. The molecular weight excluding hydrogens is 340 g/mol. The van der Waals surface area contributed by atoms with Crippen LogP contribution in [0.4, 0.5) is 0 Å². The summed E-state index contributed by atoms with van der Waals surface area (Å²) in [5.41, 5.74) is 2.31. The summed E-state index contributed by atoms with van der Waals surface area (Å²) >= 11 is 0. The first-order valence-corrected chi connectivity index (χ1v) is 9.35. The Balaban J connectivity index is 1.33. The van der Waals surface area contributed by atoms with E-state index < -0.39 is 0 Å². The number of nitrogens with zero attached hydrogens (tertiary/aromatic N) is 2. The highest BCUT2D eigenvalue weighted by Crippen LogP contribution is 2.30. The van der Waals surface area contributed by atoms with Crippen LogP contribution in [0.2, 0.25) is 0 Å². The summed E-state index contributed by atoms with van der Waals surface area (Å²) in [4.78, 5) is 9.34. The third-order valence-corrected chi connectivity index (χ3v) is 4.83. The molecule has 2 aromatic carbocycles. The second-order valence-electron chi connectivity index (χ2n) is 6.90. The van der Waals surface area contributed by atoms with Crippen LogP contribution >= 0.6 is 0 Å². The molecule has 4 atom stereocenters. The van der Waals surface area contributed by atoms with Gasteiger partial charge in [0.15, 0.2) is 0 Å². The minimum atomic E-state index is 0.00792. The van der Waals surface area contributed by atoms with E-state index in [0.717, 1.165) is 11.1 Å². The average molecular weight is 364 g/mol. The Morgan fingerprint density at radius 2 is 1.11 bits per heavy atom. The zero-order chi connectivity index (χ0) is 18.6. The molecule has 0 saturated carbocycles. The summed E-state index contributed by atoms with van der Waals surface area (Å²) in [5, 5.41) is 0. The molecule has 2 aromatic rings. The van der Waals surface area contributed by atoms with Gasteiger partial charge in [-0.25, -0.2) is 9.98 Å². The lowest BCUT2D eigenvalue weighted by molar-refractivity contribution is 0.142. The van der Waals surface area contributed by atoms with Crippen LogP contribution in [0, 0.1) is 0 Å². The van der Waals surface area contributed by atoms with Gasteiger partial charge in [0.2, 0.25) is 11.8 Å². The summed E-state index contributed by atoms with van der Waals surface area (Å²) < 4.78 is 17.5. The molecule has 0 fully saturated rings. The Morgan fingerprint density at radius 3 is 1.52 bits per heavy atom. The summed E-state index contributed by atoms with van der Waals surface area (Å²) in [7, 11) is 0. The average Bonchev–Trinajstić information content (AvgIpc) is 3.25. The molecule has 0 bridgehead atoms. The topological polar surface area (TPSA) is 52.4 Å². The zero-order valence-electron chi connectivity index (χ0n) is 15.6. The fourth-order valence-electron chi connectivity index (χ4n) is 3.50. The Kier molecular flexibility index (Phi) is 5.21. The van der Waals surface area contributed by atoms with Crippen LogP contribution in [-0.4, -0.2) is 37.2 Å². The van der Waals surface area contributed by atoms with Gasteiger partial charge < -0.3 is 14.2 Å². The molecule has 0 N–H and O–H groups in total. The number of benzene rings is 2. The van der Waals surface area contributed by atoms with Crippen molar-refractivity contribution >= 4 is 11.8 Å². The molecule has 0 spiro atoms. The Bertz CT molecular complexity index is 750. The van der Waals surface area contributed by atoms with E-state index in [-0.39, 0.29) is 24.3 Å². The van der Waals surface area contributed by atoms with Crippen molar-refractivity contribution in [2.75, 3.05) is 13.2 Å². The van der Waals surface area contributed by atoms with Gasteiger partial charge in [-0.1, -0.05) is 60.7 Å². The Hall–Kier alpha value is -2.66. The van der Waals surface area contributed by atoms with Gasteiger partial charge in [0.05, 0.1) is 0 Å². The maximum absolute atomic E-state index is 5.85. The lowest BCUT2D eigenvalue weighted by atomic mass is 10.0. The highest BCUT2D eigenvalue weighted by molar-refractivity contribution is 5.81. The molecular formula is C22H24N2O3. The molecule has 0 unspecified atom stereocenters. The van der Waals surface area contributed by atoms with Crippen molar-refractivity contribution in [1.29, 1.82) is 0 Å². The quantitative estimate of drug-likeness (QED) is 0.775. The standard InChI is InChI=1S/C22H24N2O3/c1-15-21(17-9-5-3-6-10-17)23-19(26-15)13-25-14-20-24-22(16(2)27-20)18-11-7-4-8-12-18/h3-12,15-16,21-22H,13-14H2,1-2H3/t15-,16+,21-,22+. The largest absolute Gasteiger partial charge is 0.474 e. The molecule has 5 heteroatoms.